The first kappa shape index (κ1) is 14.1. The van der Waals surface area contributed by atoms with Gasteiger partial charge in [-0.05, 0) is 38.0 Å². The molecule has 0 saturated carbocycles. The average Bonchev–Trinajstić information content (AvgIpc) is 2.91. The molecule has 20 heavy (non-hydrogen) atoms. The van der Waals surface area contributed by atoms with Crippen molar-refractivity contribution in [2.75, 3.05) is 0 Å². The number of hydrogen-bond acceptors (Lipinski definition) is 2. The van der Waals surface area contributed by atoms with E-state index in [1.54, 1.807) is 18.5 Å². The molecule has 0 fully saturated rings. The number of aromatic amines is 1. The summed E-state index contributed by atoms with van der Waals surface area (Å²) in [6, 6.07) is 6.10. The highest BCUT2D eigenvalue weighted by Gasteiger charge is 2.08. The molecule has 0 saturated heterocycles. The summed E-state index contributed by atoms with van der Waals surface area (Å²) < 4.78 is 0. The van der Waals surface area contributed by atoms with Gasteiger partial charge in [-0.1, -0.05) is 23.8 Å². The Morgan fingerprint density at radius 1 is 1.40 bits per heavy atom. The van der Waals surface area contributed by atoms with Gasteiger partial charge in [0.15, 0.2) is 0 Å². The van der Waals surface area contributed by atoms with Crippen molar-refractivity contribution in [3.63, 3.8) is 0 Å². The smallest absolute Gasteiger partial charge is 0.244 e. The zero-order chi connectivity index (χ0) is 14.5. The summed E-state index contributed by atoms with van der Waals surface area (Å²) in [7, 11) is 0. The number of rotatable bonds is 4. The van der Waals surface area contributed by atoms with Gasteiger partial charge in [0, 0.05) is 17.8 Å². The van der Waals surface area contributed by atoms with Gasteiger partial charge < -0.3 is 5.32 Å². The third kappa shape index (κ3) is 3.57. The molecule has 104 valence electrons. The number of carbonyl (C=O) groups excluding carboxylic acids is 1. The zero-order valence-electron chi connectivity index (χ0n) is 12.0. The quantitative estimate of drug-likeness (QED) is 0.838. The van der Waals surface area contributed by atoms with E-state index in [1.807, 2.05) is 32.1 Å². The Hall–Kier alpha value is -2.36. The third-order valence-electron chi connectivity index (χ3n) is 3.22. The van der Waals surface area contributed by atoms with Crippen molar-refractivity contribution in [2.24, 2.45) is 0 Å². The van der Waals surface area contributed by atoms with E-state index in [1.165, 1.54) is 5.56 Å². The van der Waals surface area contributed by atoms with Crippen LogP contribution in [0.2, 0.25) is 0 Å². The van der Waals surface area contributed by atoms with Crippen molar-refractivity contribution >= 4 is 12.0 Å². The highest BCUT2D eigenvalue weighted by molar-refractivity contribution is 5.92. The van der Waals surface area contributed by atoms with E-state index in [2.05, 4.69) is 28.5 Å². The molecule has 0 aliphatic rings. The van der Waals surface area contributed by atoms with Gasteiger partial charge in [-0.3, -0.25) is 9.89 Å². The van der Waals surface area contributed by atoms with Crippen molar-refractivity contribution in [3.05, 3.63) is 58.9 Å². The SMILES string of the molecule is Cc1ccc(/C=C/C(=O)NC(C)c2cn[nH]c2)c(C)c1. The molecule has 0 spiro atoms. The molecule has 1 amide bonds. The Labute approximate surface area is 118 Å². The highest BCUT2D eigenvalue weighted by Crippen LogP contribution is 2.13. The first-order chi connectivity index (χ1) is 9.56. The van der Waals surface area contributed by atoms with Crippen LogP contribution in [0.4, 0.5) is 0 Å². The second kappa shape index (κ2) is 6.19. The number of hydrogen-bond donors (Lipinski definition) is 2. The summed E-state index contributed by atoms with van der Waals surface area (Å²) in [6.07, 6.45) is 6.89. The van der Waals surface area contributed by atoms with Crippen LogP contribution in [0.1, 0.15) is 35.2 Å². The Morgan fingerprint density at radius 3 is 2.85 bits per heavy atom. The summed E-state index contributed by atoms with van der Waals surface area (Å²) in [5.74, 6) is -0.112. The van der Waals surface area contributed by atoms with Gasteiger partial charge >= 0.3 is 0 Å². The summed E-state index contributed by atoms with van der Waals surface area (Å²) in [5.41, 5.74) is 4.40. The normalized spacial score (nSPS) is 12.6. The lowest BCUT2D eigenvalue weighted by atomic mass is 10.1. The number of carbonyl (C=O) groups is 1. The fraction of sp³-hybridized carbons (Fsp3) is 0.250. The fourth-order valence-corrected chi connectivity index (χ4v) is 2.02. The van der Waals surface area contributed by atoms with Gasteiger partial charge in [0.25, 0.3) is 0 Å². The lowest BCUT2D eigenvalue weighted by Crippen LogP contribution is -2.24. The molecule has 4 heteroatoms. The van der Waals surface area contributed by atoms with E-state index in [4.69, 9.17) is 0 Å². The lowest BCUT2D eigenvalue weighted by Gasteiger charge is -2.09. The summed E-state index contributed by atoms with van der Waals surface area (Å²) in [5, 5.41) is 9.50. The van der Waals surface area contributed by atoms with Crippen molar-refractivity contribution in [2.45, 2.75) is 26.8 Å². The Kier molecular flexibility index (Phi) is 4.35. The number of nitrogens with one attached hydrogen (secondary N) is 2. The Bertz CT molecular complexity index is 615. The van der Waals surface area contributed by atoms with E-state index < -0.39 is 0 Å². The molecule has 2 aromatic rings. The molecule has 2 rings (SSSR count). The monoisotopic (exact) mass is 269 g/mol. The van der Waals surface area contributed by atoms with Crippen LogP contribution in [0, 0.1) is 13.8 Å². The Balaban J connectivity index is 1.99. The number of benzene rings is 1. The first-order valence-electron chi connectivity index (χ1n) is 6.61. The molecule has 2 N–H and O–H groups in total. The van der Waals surface area contributed by atoms with E-state index in [-0.39, 0.29) is 11.9 Å². The molecular weight excluding hydrogens is 250 g/mol. The van der Waals surface area contributed by atoms with Crippen LogP contribution in [0.3, 0.4) is 0 Å². The average molecular weight is 269 g/mol. The van der Waals surface area contributed by atoms with Gasteiger partial charge in [0.05, 0.1) is 12.2 Å². The van der Waals surface area contributed by atoms with Crippen LogP contribution in [-0.4, -0.2) is 16.1 Å². The second-order valence-electron chi connectivity index (χ2n) is 4.96. The van der Waals surface area contributed by atoms with Crippen LogP contribution in [0.15, 0.2) is 36.7 Å². The molecule has 1 heterocycles. The number of amides is 1. The second-order valence-corrected chi connectivity index (χ2v) is 4.96. The minimum atomic E-state index is -0.112. The largest absolute Gasteiger partial charge is 0.346 e. The van der Waals surface area contributed by atoms with Gasteiger partial charge in [-0.2, -0.15) is 5.10 Å². The van der Waals surface area contributed by atoms with E-state index >= 15 is 0 Å². The number of aryl methyl sites for hydroxylation is 2. The highest BCUT2D eigenvalue weighted by atomic mass is 16.1. The Morgan fingerprint density at radius 2 is 2.20 bits per heavy atom. The van der Waals surface area contributed by atoms with Crippen molar-refractivity contribution in [3.8, 4) is 0 Å². The fourth-order valence-electron chi connectivity index (χ4n) is 2.02. The molecule has 0 aliphatic heterocycles. The minimum absolute atomic E-state index is 0.0648. The molecule has 1 unspecified atom stereocenters. The number of H-pyrrole nitrogens is 1. The third-order valence-corrected chi connectivity index (χ3v) is 3.22. The maximum absolute atomic E-state index is 11.9. The van der Waals surface area contributed by atoms with E-state index in [9.17, 15) is 4.79 Å². The zero-order valence-corrected chi connectivity index (χ0v) is 12.0. The van der Waals surface area contributed by atoms with Crippen LogP contribution in [-0.2, 0) is 4.79 Å². The predicted octanol–water partition coefficient (Wildman–Crippen LogP) is 2.92. The van der Waals surface area contributed by atoms with Gasteiger partial charge in [-0.15, -0.1) is 0 Å². The van der Waals surface area contributed by atoms with Crippen LogP contribution in [0.25, 0.3) is 6.08 Å². The topological polar surface area (TPSA) is 57.8 Å². The van der Waals surface area contributed by atoms with Gasteiger partial charge in [-0.25, -0.2) is 0 Å². The molecule has 4 nitrogen and oxygen atoms in total. The number of aromatic nitrogens is 2. The molecule has 0 bridgehead atoms. The molecule has 0 radical (unpaired) electrons. The predicted molar refractivity (Wildman–Crippen MR) is 80.1 cm³/mol. The first-order valence-corrected chi connectivity index (χ1v) is 6.61. The molecule has 1 aromatic heterocycles. The van der Waals surface area contributed by atoms with Crippen molar-refractivity contribution < 1.29 is 4.79 Å². The minimum Gasteiger partial charge on any atom is -0.346 e. The van der Waals surface area contributed by atoms with Crippen LogP contribution >= 0.6 is 0 Å². The molecule has 1 atom stereocenters. The standard InChI is InChI=1S/C16H19N3O/c1-11-4-5-14(12(2)8-11)6-7-16(20)19-13(3)15-9-17-18-10-15/h4-10,13H,1-3H3,(H,17,18)(H,19,20)/b7-6+. The van der Waals surface area contributed by atoms with E-state index in [0.717, 1.165) is 16.7 Å². The molecule has 0 aliphatic carbocycles. The summed E-state index contributed by atoms with van der Waals surface area (Å²) >= 11 is 0. The summed E-state index contributed by atoms with van der Waals surface area (Å²) in [4.78, 5) is 11.9. The van der Waals surface area contributed by atoms with Crippen molar-refractivity contribution in [1.29, 1.82) is 0 Å². The van der Waals surface area contributed by atoms with E-state index in [0.29, 0.717) is 0 Å². The van der Waals surface area contributed by atoms with Crippen molar-refractivity contribution in [1.82, 2.24) is 15.5 Å². The maximum Gasteiger partial charge on any atom is 0.244 e. The van der Waals surface area contributed by atoms with Crippen LogP contribution in [0.5, 0.6) is 0 Å². The van der Waals surface area contributed by atoms with Gasteiger partial charge in [0.1, 0.15) is 0 Å². The summed E-state index contributed by atoms with van der Waals surface area (Å²) in [6.45, 7) is 6.02. The number of nitrogens with zero attached hydrogens (tertiary/aromatic N) is 1. The molecular formula is C16H19N3O. The van der Waals surface area contributed by atoms with Gasteiger partial charge in [0.2, 0.25) is 5.91 Å². The van der Waals surface area contributed by atoms with Crippen LogP contribution < -0.4 is 5.32 Å². The lowest BCUT2D eigenvalue weighted by molar-refractivity contribution is -0.117. The molecule has 1 aromatic carbocycles. The maximum atomic E-state index is 11.9.